The Morgan fingerprint density at radius 2 is 2.44 bits per heavy atom. The lowest BCUT2D eigenvalue weighted by molar-refractivity contribution is -0.121. The number of thiophene rings is 1. The lowest BCUT2D eigenvalue weighted by atomic mass is 10.2. The van der Waals surface area contributed by atoms with Gasteiger partial charge < -0.3 is 10.4 Å². The molecule has 0 saturated heterocycles. The lowest BCUT2D eigenvalue weighted by Gasteiger charge is -2.09. The summed E-state index contributed by atoms with van der Waals surface area (Å²) < 4.78 is 0. The molecule has 0 aliphatic carbocycles. The van der Waals surface area contributed by atoms with Crippen molar-refractivity contribution in [2.24, 2.45) is 5.92 Å². The largest absolute Gasteiger partial charge is 0.396 e. The number of hydrogen-bond donors (Lipinski definition) is 2. The Hall–Kier alpha value is -0.870. The molecule has 4 heteroatoms. The minimum absolute atomic E-state index is 0.0804. The third-order valence-electron chi connectivity index (χ3n) is 2.37. The Bertz CT molecular complexity index is 298. The molecule has 1 amide bonds. The van der Waals surface area contributed by atoms with Gasteiger partial charge in [0.2, 0.25) is 5.91 Å². The second-order valence-electron chi connectivity index (χ2n) is 4.02. The molecule has 1 unspecified atom stereocenters. The fourth-order valence-electron chi connectivity index (χ4n) is 1.32. The molecule has 0 radical (unpaired) electrons. The van der Waals surface area contributed by atoms with Gasteiger partial charge >= 0.3 is 0 Å². The van der Waals surface area contributed by atoms with Gasteiger partial charge in [-0.2, -0.15) is 0 Å². The molecule has 0 fully saturated rings. The number of nitrogens with one attached hydrogen (secondary N) is 1. The summed E-state index contributed by atoms with van der Waals surface area (Å²) in [4.78, 5) is 12.7. The van der Waals surface area contributed by atoms with Crippen LogP contribution in [0.5, 0.6) is 0 Å². The van der Waals surface area contributed by atoms with Crippen molar-refractivity contribution in [2.45, 2.75) is 26.2 Å². The summed E-state index contributed by atoms with van der Waals surface area (Å²) in [6.45, 7) is 2.59. The van der Waals surface area contributed by atoms with E-state index in [0.717, 1.165) is 12.8 Å². The summed E-state index contributed by atoms with van der Waals surface area (Å²) in [5.74, 6) is 0.220. The second-order valence-corrected chi connectivity index (χ2v) is 5.06. The number of amides is 1. The molecule has 1 rings (SSSR count). The summed E-state index contributed by atoms with van der Waals surface area (Å²) in [5, 5.41) is 13.7. The molecule has 1 atom stereocenters. The van der Waals surface area contributed by atoms with E-state index in [-0.39, 0.29) is 18.4 Å². The summed E-state index contributed by atoms with van der Waals surface area (Å²) >= 11 is 1.73. The number of aryl methyl sites for hydroxylation is 1. The lowest BCUT2D eigenvalue weighted by Crippen LogP contribution is -2.29. The molecule has 2 N–H and O–H groups in total. The third kappa shape index (κ3) is 5.28. The number of carbonyl (C=O) groups excluding carboxylic acids is 1. The van der Waals surface area contributed by atoms with Crippen LogP contribution in [0.2, 0.25) is 0 Å². The van der Waals surface area contributed by atoms with E-state index in [4.69, 9.17) is 5.11 Å². The van der Waals surface area contributed by atoms with Gasteiger partial charge in [0.25, 0.3) is 0 Å². The maximum Gasteiger partial charge on any atom is 0.220 e. The van der Waals surface area contributed by atoms with Gasteiger partial charge in [-0.05, 0) is 30.2 Å². The number of aliphatic hydroxyl groups is 1. The van der Waals surface area contributed by atoms with Gasteiger partial charge in [0.15, 0.2) is 0 Å². The van der Waals surface area contributed by atoms with Crippen molar-refractivity contribution in [1.82, 2.24) is 5.32 Å². The average Bonchev–Trinajstić information content (AvgIpc) is 2.79. The Balaban J connectivity index is 2.06. The SMILES string of the molecule is CC(CO)CNC(=O)CCCc1cccs1. The van der Waals surface area contributed by atoms with E-state index in [1.54, 1.807) is 11.3 Å². The topological polar surface area (TPSA) is 49.3 Å². The summed E-state index contributed by atoms with van der Waals surface area (Å²) in [6.07, 6.45) is 2.43. The molecule has 3 nitrogen and oxygen atoms in total. The molecular formula is C12H19NO2S. The fraction of sp³-hybridized carbons (Fsp3) is 0.583. The normalized spacial score (nSPS) is 12.4. The Morgan fingerprint density at radius 1 is 1.62 bits per heavy atom. The van der Waals surface area contributed by atoms with E-state index < -0.39 is 0 Å². The van der Waals surface area contributed by atoms with Gasteiger partial charge in [-0.15, -0.1) is 11.3 Å². The van der Waals surface area contributed by atoms with E-state index in [9.17, 15) is 4.79 Å². The van der Waals surface area contributed by atoms with Crippen molar-refractivity contribution in [2.75, 3.05) is 13.2 Å². The summed E-state index contributed by atoms with van der Waals surface area (Å²) in [5.41, 5.74) is 0. The summed E-state index contributed by atoms with van der Waals surface area (Å²) in [6, 6.07) is 4.12. The van der Waals surface area contributed by atoms with Gasteiger partial charge in [0.05, 0.1) is 0 Å². The third-order valence-corrected chi connectivity index (χ3v) is 3.30. The number of hydrogen-bond acceptors (Lipinski definition) is 3. The number of rotatable bonds is 7. The predicted molar refractivity (Wildman–Crippen MR) is 66.5 cm³/mol. The molecule has 0 saturated carbocycles. The van der Waals surface area contributed by atoms with Gasteiger partial charge in [-0.3, -0.25) is 4.79 Å². The molecule has 0 aromatic carbocycles. The van der Waals surface area contributed by atoms with Crippen LogP contribution in [-0.2, 0) is 11.2 Å². The molecule has 16 heavy (non-hydrogen) atoms. The maximum absolute atomic E-state index is 11.4. The minimum atomic E-state index is 0.0804. The molecule has 90 valence electrons. The van der Waals surface area contributed by atoms with Crippen molar-refractivity contribution >= 4 is 17.2 Å². The highest BCUT2D eigenvalue weighted by atomic mass is 32.1. The average molecular weight is 241 g/mol. The van der Waals surface area contributed by atoms with Gasteiger partial charge in [0.1, 0.15) is 0 Å². The monoisotopic (exact) mass is 241 g/mol. The zero-order chi connectivity index (χ0) is 11.8. The number of carbonyl (C=O) groups is 1. The highest BCUT2D eigenvalue weighted by Crippen LogP contribution is 2.11. The van der Waals surface area contributed by atoms with Crippen LogP contribution in [0.25, 0.3) is 0 Å². The standard InChI is InChI=1S/C12H19NO2S/c1-10(9-14)8-13-12(15)6-2-4-11-5-3-7-16-11/h3,5,7,10,14H,2,4,6,8-9H2,1H3,(H,13,15). The van der Waals surface area contributed by atoms with Crippen molar-refractivity contribution in [3.05, 3.63) is 22.4 Å². The molecular weight excluding hydrogens is 222 g/mol. The number of aliphatic hydroxyl groups excluding tert-OH is 1. The molecule has 1 heterocycles. The van der Waals surface area contributed by atoms with Crippen molar-refractivity contribution in [3.63, 3.8) is 0 Å². The van der Waals surface area contributed by atoms with E-state index in [1.165, 1.54) is 4.88 Å². The smallest absolute Gasteiger partial charge is 0.220 e. The first-order valence-corrected chi connectivity index (χ1v) is 6.50. The van der Waals surface area contributed by atoms with E-state index in [2.05, 4.69) is 16.8 Å². The van der Waals surface area contributed by atoms with Crippen LogP contribution < -0.4 is 5.32 Å². The van der Waals surface area contributed by atoms with E-state index in [1.807, 2.05) is 13.0 Å². The van der Waals surface area contributed by atoms with Crippen molar-refractivity contribution in [3.8, 4) is 0 Å². The first kappa shape index (κ1) is 13.2. The zero-order valence-electron chi connectivity index (χ0n) is 9.61. The van der Waals surface area contributed by atoms with Crippen LogP contribution >= 0.6 is 11.3 Å². The quantitative estimate of drug-likeness (QED) is 0.765. The second kappa shape index (κ2) is 7.41. The molecule has 0 aliphatic rings. The fourth-order valence-corrected chi connectivity index (χ4v) is 2.07. The molecule has 0 bridgehead atoms. The Morgan fingerprint density at radius 3 is 3.06 bits per heavy atom. The highest BCUT2D eigenvalue weighted by Gasteiger charge is 2.04. The van der Waals surface area contributed by atoms with E-state index in [0.29, 0.717) is 13.0 Å². The van der Waals surface area contributed by atoms with Gasteiger partial charge in [-0.1, -0.05) is 13.0 Å². The van der Waals surface area contributed by atoms with Crippen LogP contribution in [0.3, 0.4) is 0 Å². The van der Waals surface area contributed by atoms with Crippen LogP contribution in [0, 0.1) is 5.92 Å². The van der Waals surface area contributed by atoms with Crippen LogP contribution in [0.15, 0.2) is 17.5 Å². The molecule has 1 aromatic rings. The van der Waals surface area contributed by atoms with Crippen molar-refractivity contribution < 1.29 is 9.90 Å². The predicted octanol–water partition coefficient (Wildman–Crippen LogP) is 1.82. The highest BCUT2D eigenvalue weighted by molar-refractivity contribution is 7.09. The molecule has 1 aromatic heterocycles. The van der Waals surface area contributed by atoms with Crippen LogP contribution in [-0.4, -0.2) is 24.2 Å². The summed E-state index contributed by atoms with van der Waals surface area (Å²) in [7, 11) is 0. The van der Waals surface area contributed by atoms with Gasteiger partial charge in [0, 0.05) is 24.4 Å². The van der Waals surface area contributed by atoms with Crippen LogP contribution in [0.4, 0.5) is 0 Å². The first-order chi connectivity index (χ1) is 7.72. The Labute approximate surface area is 100 Å². The first-order valence-electron chi connectivity index (χ1n) is 5.62. The van der Waals surface area contributed by atoms with Crippen molar-refractivity contribution in [1.29, 1.82) is 0 Å². The molecule has 0 aliphatic heterocycles. The van der Waals surface area contributed by atoms with E-state index >= 15 is 0 Å². The zero-order valence-corrected chi connectivity index (χ0v) is 10.4. The minimum Gasteiger partial charge on any atom is -0.396 e. The maximum atomic E-state index is 11.4. The Kier molecular flexibility index (Phi) is 6.11. The van der Waals surface area contributed by atoms with Crippen LogP contribution in [0.1, 0.15) is 24.6 Å². The molecule has 0 spiro atoms. The van der Waals surface area contributed by atoms with Gasteiger partial charge in [-0.25, -0.2) is 0 Å².